The first-order chi connectivity index (χ1) is 19.3. The van der Waals surface area contributed by atoms with Gasteiger partial charge in [0.25, 0.3) is 0 Å². The fourth-order valence-corrected chi connectivity index (χ4v) is 4.53. The molecule has 0 radical (unpaired) electrons. The number of fused-ring (bicyclic) bond motifs is 1. The van der Waals surface area contributed by atoms with Gasteiger partial charge in [0.05, 0.1) is 39.9 Å². The van der Waals surface area contributed by atoms with E-state index in [1.54, 1.807) is 17.2 Å². The summed E-state index contributed by atoms with van der Waals surface area (Å²) in [4.78, 5) is 20.5. The smallest absolute Gasteiger partial charge is 0.123 e. The van der Waals surface area contributed by atoms with E-state index in [0.29, 0.717) is 0 Å². The zero-order valence-electron chi connectivity index (χ0n) is 20.8. The van der Waals surface area contributed by atoms with Gasteiger partial charge in [-0.25, -0.2) is 9.97 Å². The van der Waals surface area contributed by atoms with Crippen LogP contribution in [0.5, 0.6) is 0 Å². The van der Waals surface area contributed by atoms with Crippen molar-refractivity contribution >= 4 is 11.0 Å². The van der Waals surface area contributed by atoms with Gasteiger partial charge in [-0.15, -0.1) is 10.2 Å². The third kappa shape index (κ3) is 4.42. The van der Waals surface area contributed by atoms with Gasteiger partial charge in [0.1, 0.15) is 11.0 Å². The summed E-state index contributed by atoms with van der Waals surface area (Å²) in [6, 6.07) is 37.5. The maximum atomic E-state index is 4.98. The van der Waals surface area contributed by atoms with Crippen molar-refractivity contribution in [1.29, 1.82) is 0 Å². The van der Waals surface area contributed by atoms with Gasteiger partial charge in [-0.2, -0.15) is 4.80 Å². The minimum atomic E-state index is 0.751. The number of pyridine rings is 4. The number of nitrogens with zero attached hydrogens (tertiary/aromatic N) is 7. The molecule has 0 aliphatic rings. The van der Waals surface area contributed by atoms with Gasteiger partial charge in [-0.3, -0.25) is 9.97 Å². The number of hydrogen-bond acceptors (Lipinski definition) is 6. The summed E-state index contributed by atoms with van der Waals surface area (Å²) in [6.07, 6.45) is 3.55. The summed E-state index contributed by atoms with van der Waals surface area (Å²) in [6.45, 7) is 0. The molecule has 0 fully saturated rings. The van der Waals surface area contributed by atoms with Gasteiger partial charge >= 0.3 is 0 Å². The van der Waals surface area contributed by atoms with Crippen molar-refractivity contribution in [3.8, 4) is 51.0 Å². The van der Waals surface area contributed by atoms with Crippen LogP contribution in [-0.2, 0) is 0 Å². The molecule has 0 spiro atoms. The zero-order valence-corrected chi connectivity index (χ0v) is 20.8. The van der Waals surface area contributed by atoms with E-state index in [1.807, 2.05) is 109 Å². The molecular formula is C32H21N7. The van der Waals surface area contributed by atoms with Crippen LogP contribution >= 0.6 is 0 Å². The second-order valence-electron chi connectivity index (χ2n) is 8.96. The van der Waals surface area contributed by atoms with E-state index in [1.165, 1.54) is 0 Å². The van der Waals surface area contributed by atoms with Crippen LogP contribution in [-0.4, -0.2) is 34.9 Å². The lowest BCUT2D eigenvalue weighted by molar-refractivity contribution is 0.766. The number of para-hydroxylation sites is 1. The van der Waals surface area contributed by atoms with Gasteiger partial charge in [0, 0.05) is 23.5 Å². The Bertz CT molecular complexity index is 1900. The van der Waals surface area contributed by atoms with E-state index in [4.69, 9.17) is 20.2 Å². The number of rotatable bonds is 5. The van der Waals surface area contributed by atoms with Crippen LogP contribution in [0.2, 0.25) is 0 Å². The molecule has 0 saturated heterocycles. The molecule has 0 unspecified atom stereocenters. The van der Waals surface area contributed by atoms with Gasteiger partial charge in [0.15, 0.2) is 0 Å². The number of hydrogen-bond donors (Lipinski definition) is 0. The summed E-state index contributed by atoms with van der Waals surface area (Å²) >= 11 is 0. The molecule has 7 heteroatoms. The Kier molecular flexibility index (Phi) is 5.64. The minimum Gasteiger partial charge on any atom is -0.255 e. The molecular weight excluding hydrogens is 482 g/mol. The van der Waals surface area contributed by atoms with Gasteiger partial charge in [-0.05, 0) is 72.8 Å². The summed E-state index contributed by atoms with van der Waals surface area (Å²) < 4.78 is 0. The van der Waals surface area contributed by atoms with Crippen molar-refractivity contribution in [1.82, 2.24) is 34.9 Å². The van der Waals surface area contributed by atoms with Crippen molar-refractivity contribution < 1.29 is 0 Å². The van der Waals surface area contributed by atoms with Crippen molar-refractivity contribution in [2.75, 3.05) is 0 Å². The Hall–Kier alpha value is -5.56. The minimum absolute atomic E-state index is 0.751. The van der Waals surface area contributed by atoms with Gasteiger partial charge in [-0.1, -0.05) is 42.5 Å². The molecule has 7 aromatic rings. The predicted molar refractivity (Wildman–Crippen MR) is 152 cm³/mol. The highest BCUT2D eigenvalue weighted by molar-refractivity contribution is 5.94. The average Bonchev–Trinajstić information content (AvgIpc) is 3.47. The van der Waals surface area contributed by atoms with E-state index < -0.39 is 0 Å². The van der Waals surface area contributed by atoms with Crippen molar-refractivity contribution in [3.05, 3.63) is 128 Å². The highest BCUT2D eigenvalue weighted by Crippen LogP contribution is 2.33. The third-order valence-electron chi connectivity index (χ3n) is 6.40. The maximum absolute atomic E-state index is 4.98. The van der Waals surface area contributed by atoms with Crippen LogP contribution in [0.3, 0.4) is 0 Å². The van der Waals surface area contributed by atoms with Crippen LogP contribution in [0, 0.1) is 0 Å². The lowest BCUT2D eigenvalue weighted by atomic mass is 10.0. The lowest BCUT2D eigenvalue weighted by Crippen LogP contribution is -1.97. The molecule has 7 rings (SSSR count). The number of benzene rings is 2. The molecule has 0 bridgehead atoms. The molecule has 0 aliphatic carbocycles. The normalized spacial score (nSPS) is 11.1. The van der Waals surface area contributed by atoms with Crippen molar-refractivity contribution in [2.45, 2.75) is 0 Å². The average molecular weight is 504 g/mol. The number of aromatic nitrogens is 7. The first-order valence-electron chi connectivity index (χ1n) is 12.6. The van der Waals surface area contributed by atoms with E-state index in [2.05, 4.69) is 16.0 Å². The Labute approximate surface area is 224 Å². The highest BCUT2D eigenvalue weighted by Gasteiger charge is 2.16. The summed E-state index contributed by atoms with van der Waals surface area (Å²) in [7, 11) is 0. The van der Waals surface area contributed by atoms with Crippen LogP contribution in [0.4, 0.5) is 0 Å². The highest BCUT2D eigenvalue weighted by atomic mass is 15.5. The summed E-state index contributed by atoms with van der Waals surface area (Å²) in [5.74, 6) is 0. The maximum Gasteiger partial charge on any atom is 0.123 e. The molecule has 0 saturated carbocycles. The molecule has 0 aliphatic heterocycles. The van der Waals surface area contributed by atoms with Crippen LogP contribution in [0.1, 0.15) is 0 Å². The predicted octanol–water partition coefficient (Wildman–Crippen LogP) is 6.67. The van der Waals surface area contributed by atoms with Crippen LogP contribution in [0.25, 0.3) is 62.0 Å². The molecule has 39 heavy (non-hydrogen) atoms. The fraction of sp³-hybridized carbons (Fsp3) is 0. The zero-order chi connectivity index (χ0) is 26.0. The molecule has 5 aromatic heterocycles. The molecule has 7 nitrogen and oxygen atoms in total. The lowest BCUT2D eigenvalue weighted by Gasteiger charge is -2.09. The summed E-state index contributed by atoms with van der Waals surface area (Å²) in [5, 5.41) is 9.72. The van der Waals surface area contributed by atoms with Crippen molar-refractivity contribution in [3.63, 3.8) is 0 Å². The van der Waals surface area contributed by atoms with E-state index in [0.717, 1.165) is 62.0 Å². The molecule has 184 valence electrons. The largest absolute Gasteiger partial charge is 0.255 e. The topological polar surface area (TPSA) is 82.3 Å². The van der Waals surface area contributed by atoms with E-state index >= 15 is 0 Å². The van der Waals surface area contributed by atoms with Crippen LogP contribution < -0.4 is 0 Å². The quantitative estimate of drug-likeness (QED) is 0.261. The second kappa shape index (κ2) is 9.72. The third-order valence-corrected chi connectivity index (χ3v) is 6.40. The Morgan fingerprint density at radius 3 is 1.72 bits per heavy atom. The Balaban J connectivity index is 1.42. The Morgan fingerprint density at radius 1 is 0.462 bits per heavy atom. The summed E-state index contributed by atoms with van der Waals surface area (Å²) in [5.41, 5.74) is 9.00. The van der Waals surface area contributed by atoms with Gasteiger partial charge in [0.2, 0.25) is 0 Å². The molecule has 0 amide bonds. The molecule has 0 N–H and O–H groups in total. The second-order valence-corrected chi connectivity index (χ2v) is 8.96. The fourth-order valence-electron chi connectivity index (χ4n) is 4.53. The first-order valence-corrected chi connectivity index (χ1v) is 12.6. The Morgan fingerprint density at radius 2 is 1.05 bits per heavy atom. The van der Waals surface area contributed by atoms with Crippen molar-refractivity contribution in [2.24, 2.45) is 0 Å². The van der Waals surface area contributed by atoms with E-state index in [-0.39, 0.29) is 0 Å². The monoisotopic (exact) mass is 503 g/mol. The standard InChI is InChI=1S/C32H21N7/c1-2-10-23(11-3-1)39-37-31-21-22(25-14-8-16-29(35-25)27-12-4-6-18-33-27)20-24(32(31)38-39)26-15-9-17-30(36-26)28-13-5-7-19-34-28/h1-21H. The van der Waals surface area contributed by atoms with E-state index in [9.17, 15) is 0 Å². The van der Waals surface area contributed by atoms with Gasteiger partial charge < -0.3 is 0 Å². The molecule has 0 atom stereocenters. The SMILES string of the molecule is c1ccc(-n2nc3cc(-c4cccc(-c5ccccn5)n4)cc(-c4cccc(-c5ccccn5)n4)c3n2)cc1. The first kappa shape index (κ1) is 22.6. The molecule has 5 heterocycles. The van der Waals surface area contributed by atoms with Crippen LogP contribution in [0.15, 0.2) is 128 Å². The molecule has 2 aromatic carbocycles.